The molecule has 6 nitrogen and oxygen atoms in total. The lowest BCUT2D eigenvalue weighted by atomic mass is 9.95. The van der Waals surface area contributed by atoms with E-state index < -0.39 is 0 Å². The molecule has 1 aliphatic heterocycles. The molecule has 0 N–H and O–H groups in total. The Morgan fingerprint density at radius 2 is 1.69 bits per heavy atom. The van der Waals surface area contributed by atoms with Gasteiger partial charge in [-0.1, -0.05) is 68.8 Å². The largest absolute Gasteiger partial charge is 0.462 e. The molecule has 0 fully saturated rings. The Labute approximate surface area is 211 Å². The first-order valence-electron chi connectivity index (χ1n) is 12.7. The summed E-state index contributed by atoms with van der Waals surface area (Å²) in [5.74, 6) is 0.370. The zero-order chi connectivity index (χ0) is 25.8. The molecule has 1 heterocycles. The highest BCUT2D eigenvalue weighted by Gasteiger charge is 2.19. The Balaban J connectivity index is 2.27. The lowest BCUT2D eigenvalue weighted by molar-refractivity contribution is -0.137. The summed E-state index contributed by atoms with van der Waals surface area (Å²) in [6, 6.07) is 3.99. The molecule has 6 heteroatoms. The van der Waals surface area contributed by atoms with E-state index >= 15 is 0 Å². The highest BCUT2D eigenvalue weighted by molar-refractivity contribution is 6.00. The van der Waals surface area contributed by atoms with E-state index in [9.17, 15) is 9.59 Å². The maximum absolute atomic E-state index is 12.9. The van der Waals surface area contributed by atoms with Crippen LogP contribution in [0, 0.1) is 25.7 Å². The minimum absolute atomic E-state index is 0.0672. The van der Waals surface area contributed by atoms with E-state index in [0.29, 0.717) is 55.6 Å². The van der Waals surface area contributed by atoms with Crippen LogP contribution in [0.5, 0.6) is 0 Å². The summed E-state index contributed by atoms with van der Waals surface area (Å²) in [4.78, 5) is 33.1. The SMILES string of the molecule is Cc1cc(C)c2c(c1)C/C(=N\OCC(=O)N(CC(C)C)CC(C)C)C=CCC/C=C/CCOC2=O. The number of cyclic esters (lactones) is 1. The van der Waals surface area contributed by atoms with Crippen LogP contribution in [0.25, 0.3) is 0 Å². The zero-order valence-corrected chi connectivity index (χ0v) is 22.3. The molecule has 192 valence electrons. The van der Waals surface area contributed by atoms with E-state index in [1.165, 1.54) is 0 Å². The molecule has 2 rings (SSSR count). The van der Waals surface area contributed by atoms with Gasteiger partial charge in [0.15, 0.2) is 6.61 Å². The van der Waals surface area contributed by atoms with Crippen LogP contribution in [-0.2, 0) is 20.8 Å². The Morgan fingerprint density at radius 3 is 2.37 bits per heavy atom. The van der Waals surface area contributed by atoms with Gasteiger partial charge < -0.3 is 14.5 Å². The van der Waals surface area contributed by atoms with E-state index in [1.54, 1.807) is 0 Å². The molecule has 0 radical (unpaired) electrons. The number of rotatable bonds is 7. The van der Waals surface area contributed by atoms with Crippen LogP contribution in [0.1, 0.15) is 74.0 Å². The number of carbonyl (C=O) groups is 2. The minimum Gasteiger partial charge on any atom is -0.462 e. The summed E-state index contributed by atoms with van der Waals surface area (Å²) in [5.41, 5.74) is 4.03. The van der Waals surface area contributed by atoms with E-state index in [0.717, 1.165) is 29.5 Å². The first-order chi connectivity index (χ1) is 16.7. The average Bonchev–Trinajstić information content (AvgIpc) is 2.75. The fraction of sp³-hybridized carbons (Fsp3) is 0.552. The number of aryl methyl sites for hydroxylation is 2. The zero-order valence-electron chi connectivity index (χ0n) is 22.3. The smallest absolute Gasteiger partial charge is 0.338 e. The maximum atomic E-state index is 12.9. The van der Waals surface area contributed by atoms with Gasteiger partial charge in [0.1, 0.15) is 0 Å². The van der Waals surface area contributed by atoms with Crippen LogP contribution < -0.4 is 0 Å². The van der Waals surface area contributed by atoms with Crippen LogP contribution in [0.2, 0.25) is 0 Å². The molecule has 35 heavy (non-hydrogen) atoms. The second kappa shape index (κ2) is 14.5. The summed E-state index contributed by atoms with van der Waals surface area (Å²) < 4.78 is 5.54. The number of carbonyl (C=O) groups excluding carboxylic acids is 2. The third-order valence-corrected chi connectivity index (χ3v) is 5.53. The summed E-state index contributed by atoms with van der Waals surface area (Å²) >= 11 is 0. The quantitative estimate of drug-likeness (QED) is 0.279. The number of benzene rings is 1. The van der Waals surface area contributed by atoms with Gasteiger partial charge in [-0.15, -0.1) is 0 Å². The Morgan fingerprint density at radius 1 is 1.03 bits per heavy atom. The fourth-order valence-electron chi connectivity index (χ4n) is 4.16. The first-order valence-corrected chi connectivity index (χ1v) is 12.7. The molecule has 0 atom stereocenters. The van der Waals surface area contributed by atoms with E-state index in [4.69, 9.17) is 9.57 Å². The van der Waals surface area contributed by atoms with Gasteiger partial charge in [0, 0.05) is 19.5 Å². The van der Waals surface area contributed by atoms with Gasteiger partial charge >= 0.3 is 5.97 Å². The monoisotopic (exact) mass is 482 g/mol. The minimum atomic E-state index is -0.319. The predicted octanol–water partition coefficient (Wildman–Crippen LogP) is 5.81. The summed E-state index contributed by atoms with van der Waals surface area (Å²) in [6.45, 7) is 14.0. The molecular formula is C29H42N2O4. The van der Waals surface area contributed by atoms with Crippen LogP contribution in [0.3, 0.4) is 0 Å². The van der Waals surface area contributed by atoms with Crippen molar-refractivity contribution in [3.8, 4) is 0 Å². The van der Waals surface area contributed by atoms with Gasteiger partial charge in [0.05, 0.1) is 17.9 Å². The third kappa shape index (κ3) is 10.1. The van der Waals surface area contributed by atoms with Gasteiger partial charge in [-0.25, -0.2) is 4.79 Å². The second-order valence-corrected chi connectivity index (χ2v) is 10.1. The molecule has 1 aromatic rings. The van der Waals surface area contributed by atoms with Crippen molar-refractivity contribution in [3.05, 3.63) is 58.7 Å². The van der Waals surface area contributed by atoms with Gasteiger partial charge in [0.25, 0.3) is 5.91 Å². The molecular weight excluding hydrogens is 440 g/mol. The van der Waals surface area contributed by atoms with Crippen LogP contribution in [-0.4, -0.2) is 48.8 Å². The van der Waals surface area contributed by atoms with Gasteiger partial charge in [-0.05, 0) is 62.1 Å². The molecule has 0 saturated carbocycles. The van der Waals surface area contributed by atoms with Gasteiger partial charge in [0.2, 0.25) is 0 Å². The van der Waals surface area contributed by atoms with Crippen molar-refractivity contribution in [2.24, 2.45) is 17.0 Å². The predicted molar refractivity (Wildman–Crippen MR) is 142 cm³/mol. The summed E-state index contributed by atoms with van der Waals surface area (Å²) in [6.07, 6.45) is 11.0. The van der Waals surface area contributed by atoms with Crippen LogP contribution in [0.15, 0.2) is 41.6 Å². The van der Waals surface area contributed by atoms with Crippen molar-refractivity contribution < 1.29 is 19.2 Å². The number of nitrogens with zero attached hydrogens (tertiary/aromatic N) is 2. The molecule has 0 bridgehead atoms. The maximum Gasteiger partial charge on any atom is 0.338 e. The molecule has 0 spiro atoms. The number of amides is 1. The first kappa shape index (κ1) is 28.3. The number of hydrogen-bond donors (Lipinski definition) is 0. The topological polar surface area (TPSA) is 68.2 Å². The molecule has 0 saturated heterocycles. The van der Waals surface area contributed by atoms with Crippen molar-refractivity contribution in [2.45, 2.75) is 67.2 Å². The van der Waals surface area contributed by atoms with Crippen LogP contribution in [0.4, 0.5) is 0 Å². The fourth-order valence-corrected chi connectivity index (χ4v) is 4.16. The van der Waals surface area contributed by atoms with Crippen LogP contribution >= 0.6 is 0 Å². The average molecular weight is 483 g/mol. The van der Waals surface area contributed by atoms with E-state index in [1.807, 2.05) is 43.0 Å². The molecule has 0 aromatic heterocycles. The third-order valence-electron chi connectivity index (χ3n) is 5.53. The molecule has 0 aliphatic carbocycles. The Hall–Kier alpha value is -2.89. The number of ether oxygens (including phenoxy) is 1. The molecule has 1 aliphatic rings. The normalized spacial score (nSPS) is 17.1. The van der Waals surface area contributed by atoms with Gasteiger partial charge in [-0.2, -0.15) is 0 Å². The van der Waals surface area contributed by atoms with Crippen molar-refractivity contribution in [1.82, 2.24) is 4.90 Å². The van der Waals surface area contributed by atoms with Crippen molar-refractivity contribution in [2.75, 3.05) is 26.3 Å². The highest BCUT2D eigenvalue weighted by Crippen LogP contribution is 2.20. The number of fused-ring (bicyclic) bond motifs is 1. The highest BCUT2D eigenvalue weighted by atomic mass is 16.6. The molecule has 0 unspecified atom stereocenters. The summed E-state index contributed by atoms with van der Waals surface area (Å²) in [5, 5.41) is 4.33. The lowest BCUT2D eigenvalue weighted by Gasteiger charge is -2.25. The number of allylic oxidation sites excluding steroid dienone is 3. The number of oxime groups is 1. The van der Waals surface area contributed by atoms with Crippen molar-refractivity contribution in [3.63, 3.8) is 0 Å². The van der Waals surface area contributed by atoms with E-state index in [-0.39, 0.29) is 18.5 Å². The summed E-state index contributed by atoms with van der Waals surface area (Å²) in [7, 11) is 0. The molecule has 1 amide bonds. The Bertz CT molecular complexity index is 934. The van der Waals surface area contributed by atoms with Gasteiger partial charge in [-0.3, -0.25) is 4.79 Å². The number of esters is 1. The Kier molecular flexibility index (Phi) is 11.7. The number of hydrogen-bond acceptors (Lipinski definition) is 5. The van der Waals surface area contributed by atoms with E-state index in [2.05, 4.69) is 45.0 Å². The van der Waals surface area contributed by atoms with Crippen molar-refractivity contribution >= 4 is 17.6 Å². The second-order valence-electron chi connectivity index (χ2n) is 10.1. The lowest BCUT2D eigenvalue weighted by Crippen LogP contribution is -2.39. The molecule has 1 aromatic carbocycles. The van der Waals surface area contributed by atoms with Crippen molar-refractivity contribution in [1.29, 1.82) is 0 Å². The standard InChI is InChI=1S/C29H42N2O4/c1-21(2)18-31(19-22(3)4)27(32)20-35-30-26-13-11-9-7-8-10-12-14-34-29(33)28-24(6)15-23(5)16-25(28)17-26/h8,10-11,13,15-16,21-22H,7,9,12,14,17-20H2,1-6H3/b10-8+,13-11?,30-26-.